The number of carbonyl (C=O) groups is 4. The SMILES string of the molecule is CCC(C)CCCCCCCCCCCCCCCCC(=O)OC[C@H](COP(=O)(O)OC[C@@H](O)COP(=O)(O)OC[C@@H](COC(=O)CCCCCCCCCCC(C)C)OC(=O)CCCCCCCCCCCCCCC(C)C)OC(=O)CCCCCCCCCCCCCCCCCCCCC(C)C. The largest absolute Gasteiger partial charge is 0.472 e. The van der Waals surface area contributed by atoms with Crippen molar-refractivity contribution in [1.82, 2.24) is 0 Å². The van der Waals surface area contributed by atoms with E-state index in [0.29, 0.717) is 25.7 Å². The van der Waals surface area contributed by atoms with Crippen LogP contribution < -0.4 is 0 Å². The van der Waals surface area contributed by atoms with Crippen molar-refractivity contribution >= 4 is 39.5 Å². The van der Waals surface area contributed by atoms with Crippen LogP contribution in [-0.2, 0) is 65.4 Å². The van der Waals surface area contributed by atoms with Gasteiger partial charge in [-0.1, -0.05) is 396 Å². The Hall–Kier alpha value is -1.94. The molecule has 3 unspecified atom stereocenters. The Morgan fingerprint density at radius 2 is 0.457 bits per heavy atom. The second kappa shape index (κ2) is 74.8. The molecule has 17 nitrogen and oxygen atoms in total. The Labute approximate surface area is 645 Å². The number of phosphoric ester groups is 2. The number of aliphatic hydroxyl groups excluding tert-OH is 1. The van der Waals surface area contributed by atoms with Gasteiger partial charge in [0.25, 0.3) is 0 Å². The first-order valence-electron chi connectivity index (χ1n) is 44.2. The van der Waals surface area contributed by atoms with E-state index >= 15 is 0 Å². The molecular formula is C86H168O17P2. The van der Waals surface area contributed by atoms with Gasteiger partial charge < -0.3 is 33.8 Å². The van der Waals surface area contributed by atoms with Crippen LogP contribution in [0.2, 0.25) is 0 Å². The fourth-order valence-corrected chi connectivity index (χ4v) is 14.9. The molecule has 105 heavy (non-hydrogen) atoms. The van der Waals surface area contributed by atoms with Crippen molar-refractivity contribution < 1.29 is 80.2 Å². The van der Waals surface area contributed by atoms with Crippen molar-refractivity contribution in [2.75, 3.05) is 39.6 Å². The zero-order valence-electron chi connectivity index (χ0n) is 69.4. The molecule has 0 aliphatic heterocycles. The van der Waals surface area contributed by atoms with Gasteiger partial charge in [-0.05, 0) is 49.4 Å². The van der Waals surface area contributed by atoms with E-state index < -0.39 is 97.5 Å². The third-order valence-electron chi connectivity index (χ3n) is 20.4. The molecule has 0 aliphatic rings. The zero-order valence-corrected chi connectivity index (χ0v) is 71.2. The second-order valence-corrected chi connectivity index (χ2v) is 35.5. The van der Waals surface area contributed by atoms with Crippen LogP contribution in [0.1, 0.15) is 447 Å². The lowest BCUT2D eigenvalue weighted by molar-refractivity contribution is -0.161. The van der Waals surface area contributed by atoms with Gasteiger partial charge in [0, 0.05) is 25.7 Å². The maximum Gasteiger partial charge on any atom is 0.472 e. The molecule has 0 bridgehead atoms. The smallest absolute Gasteiger partial charge is 0.462 e. The number of phosphoric acid groups is 2. The average Bonchev–Trinajstić information content (AvgIpc) is 0.911. The number of unbranched alkanes of at least 4 members (excludes halogenated alkanes) is 48. The Bertz CT molecular complexity index is 2040. The van der Waals surface area contributed by atoms with E-state index in [2.05, 4.69) is 55.4 Å². The van der Waals surface area contributed by atoms with Gasteiger partial charge in [-0.25, -0.2) is 9.13 Å². The summed E-state index contributed by atoms with van der Waals surface area (Å²) in [6, 6.07) is 0. The highest BCUT2D eigenvalue weighted by molar-refractivity contribution is 7.47. The summed E-state index contributed by atoms with van der Waals surface area (Å²) < 4.78 is 68.9. The summed E-state index contributed by atoms with van der Waals surface area (Å²) in [5, 5.41) is 10.7. The third-order valence-corrected chi connectivity index (χ3v) is 22.3. The van der Waals surface area contributed by atoms with Crippen LogP contribution in [0.25, 0.3) is 0 Å². The molecule has 0 aliphatic carbocycles. The molecule has 0 aromatic rings. The van der Waals surface area contributed by atoms with Gasteiger partial charge in [0.1, 0.15) is 19.3 Å². The van der Waals surface area contributed by atoms with Crippen LogP contribution in [-0.4, -0.2) is 96.7 Å². The van der Waals surface area contributed by atoms with Crippen molar-refractivity contribution in [3.63, 3.8) is 0 Å². The molecule has 3 N–H and O–H groups in total. The topological polar surface area (TPSA) is 237 Å². The fraction of sp³-hybridized carbons (Fsp3) is 0.953. The number of rotatable bonds is 83. The molecule has 0 spiro atoms. The molecule has 0 aromatic heterocycles. The normalized spacial score (nSPS) is 14.2. The Kier molecular flexibility index (Phi) is 73.4. The van der Waals surface area contributed by atoms with Gasteiger partial charge in [0.05, 0.1) is 26.4 Å². The molecule has 0 rings (SSSR count). The van der Waals surface area contributed by atoms with Crippen LogP contribution in [0.15, 0.2) is 0 Å². The van der Waals surface area contributed by atoms with Crippen LogP contribution in [0.3, 0.4) is 0 Å². The first kappa shape index (κ1) is 103. The maximum atomic E-state index is 13.1. The summed E-state index contributed by atoms with van der Waals surface area (Å²) >= 11 is 0. The van der Waals surface area contributed by atoms with Crippen LogP contribution in [0.4, 0.5) is 0 Å². The van der Waals surface area contributed by atoms with E-state index in [-0.39, 0.29) is 25.7 Å². The van der Waals surface area contributed by atoms with Gasteiger partial charge in [0.2, 0.25) is 0 Å². The lowest BCUT2D eigenvalue weighted by Gasteiger charge is -2.21. The summed E-state index contributed by atoms with van der Waals surface area (Å²) in [6.45, 7) is 14.3. The molecule has 0 radical (unpaired) electrons. The first-order valence-corrected chi connectivity index (χ1v) is 47.2. The minimum Gasteiger partial charge on any atom is -0.462 e. The maximum absolute atomic E-state index is 13.1. The molecule has 19 heteroatoms. The van der Waals surface area contributed by atoms with Crippen LogP contribution >= 0.6 is 15.6 Å². The minimum atomic E-state index is -4.97. The molecular weight excluding hydrogens is 1370 g/mol. The number of esters is 4. The van der Waals surface area contributed by atoms with Gasteiger partial charge in [-0.2, -0.15) is 0 Å². The number of hydrogen-bond acceptors (Lipinski definition) is 15. The highest BCUT2D eigenvalue weighted by Gasteiger charge is 2.31. The Morgan fingerprint density at radius 1 is 0.267 bits per heavy atom. The number of aliphatic hydroxyl groups is 1. The average molecular weight is 1540 g/mol. The van der Waals surface area contributed by atoms with Crippen molar-refractivity contribution in [1.29, 1.82) is 0 Å². The molecule has 0 saturated heterocycles. The van der Waals surface area contributed by atoms with Gasteiger partial charge in [-0.3, -0.25) is 37.3 Å². The van der Waals surface area contributed by atoms with Gasteiger partial charge in [0.15, 0.2) is 12.2 Å². The lowest BCUT2D eigenvalue weighted by Crippen LogP contribution is -2.30. The predicted molar refractivity (Wildman–Crippen MR) is 432 cm³/mol. The van der Waals surface area contributed by atoms with E-state index in [4.69, 9.17) is 37.0 Å². The van der Waals surface area contributed by atoms with Gasteiger partial charge in [-0.15, -0.1) is 0 Å². The summed E-state index contributed by atoms with van der Waals surface area (Å²) in [5.41, 5.74) is 0. The van der Waals surface area contributed by atoms with E-state index in [1.807, 2.05) is 0 Å². The number of carbonyl (C=O) groups excluding carboxylic acids is 4. The second-order valence-electron chi connectivity index (χ2n) is 32.6. The Morgan fingerprint density at radius 3 is 0.676 bits per heavy atom. The molecule has 0 fully saturated rings. The molecule has 0 saturated carbocycles. The minimum absolute atomic E-state index is 0.106. The summed E-state index contributed by atoms with van der Waals surface area (Å²) in [4.78, 5) is 73.2. The summed E-state index contributed by atoms with van der Waals surface area (Å²) in [6.07, 6.45) is 63.8. The molecule has 624 valence electrons. The van der Waals surface area contributed by atoms with Gasteiger partial charge >= 0.3 is 39.5 Å². The predicted octanol–water partition coefficient (Wildman–Crippen LogP) is 25.9. The number of hydrogen-bond donors (Lipinski definition) is 3. The molecule has 0 aromatic carbocycles. The van der Waals surface area contributed by atoms with Crippen LogP contribution in [0.5, 0.6) is 0 Å². The third kappa shape index (κ3) is 78.5. The quantitative estimate of drug-likeness (QED) is 0.0222. The lowest BCUT2D eigenvalue weighted by atomic mass is 9.99. The van der Waals surface area contributed by atoms with E-state index in [9.17, 15) is 43.2 Å². The van der Waals surface area contributed by atoms with Crippen LogP contribution in [0, 0.1) is 23.7 Å². The fourth-order valence-electron chi connectivity index (χ4n) is 13.3. The standard InChI is InChI=1S/C86H168O17P2/c1-9-79(8)65-57-49-41-32-26-19-16-17-20-27-33-42-50-58-66-83(88)96-72-81(102-85(90)68-60-52-44-34-28-21-15-13-11-10-12-14-18-24-30-38-46-54-62-76(2)3)74-100-104(92,93)98-70-80(87)71-99-105(94,95)101-75-82(73-97-84(89)67-59-51-43-37-36-40-48-56-64-78(6)7)103-86(91)69-61-53-45-35-29-23-22-25-31-39-47-55-63-77(4)5/h76-82,87H,9-75H2,1-8H3,(H,92,93)(H,94,95)/t79?,80-,81-,82-/m1/s1. The molecule has 0 heterocycles. The first-order chi connectivity index (χ1) is 50.6. The molecule has 6 atom stereocenters. The highest BCUT2D eigenvalue weighted by atomic mass is 31.2. The van der Waals surface area contributed by atoms with Crippen molar-refractivity contribution in [2.24, 2.45) is 23.7 Å². The molecule has 0 amide bonds. The summed E-state index contributed by atoms with van der Waals surface area (Å²) in [5.74, 6) is 1.07. The summed E-state index contributed by atoms with van der Waals surface area (Å²) in [7, 11) is -9.93. The van der Waals surface area contributed by atoms with E-state index in [1.165, 1.54) is 250 Å². The van der Waals surface area contributed by atoms with E-state index in [0.717, 1.165) is 114 Å². The van der Waals surface area contributed by atoms with Crippen molar-refractivity contribution in [3.8, 4) is 0 Å². The Balaban J connectivity index is 5.25. The van der Waals surface area contributed by atoms with Crippen molar-refractivity contribution in [2.45, 2.75) is 465 Å². The van der Waals surface area contributed by atoms with Crippen molar-refractivity contribution in [3.05, 3.63) is 0 Å². The highest BCUT2D eigenvalue weighted by Crippen LogP contribution is 2.45. The number of ether oxygens (including phenoxy) is 4. The monoisotopic (exact) mass is 1540 g/mol. The zero-order chi connectivity index (χ0) is 77.4. The van der Waals surface area contributed by atoms with E-state index in [1.54, 1.807) is 0 Å².